The highest BCUT2D eigenvalue weighted by Gasteiger charge is 2.35. The van der Waals surface area contributed by atoms with E-state index in [0.29, 0.717) is 11.5 Å². The largest absolute Gasteiger partial charge is 0.497 e. The molecule has 0 spiro atoms. The van der Waals surface area contributed by atoms with Crippen molar-refractivity contribution in [1.82, 2.24) is 10.2 Å². The third kappa shape index (κ3) is 2.79. The number of aromatic nitrogens is 2. The standard InChI is InChI=1S/C21H18N4O2/c1-12-3-5-14(6-4-12)19-18-17(13-7-9-15(26-2)10-8-13)16(11-22)20(23)27-21(18)25-24-19/h3-10,17H,23H2,1-2H3,(H,24,25). The maximum atomic E-state index is 9.73. The molecule has 3 N–H and O–H groups in total. The molecule has 2 aromatic carbocycles. The van der Waals surface area contributed by atoms with Crippen LogP contribution in [0.4, 0.5) is 0 Å². The highest BCUT2D eigenvalue weighted by Crippen LogP contribution is 2.45. The third-order valence-electron chi connectivity index (χ3n) is 4.73. The maximum absolute atomic E-state index is 9.73. The van der Waals surface area contributed by atoms with E-state index in [2.05, 4.69) is 16.3 Å². The van der Waals surface area contributed by atoms with Crippen molar-refractivity contribution in [2.24, 2.45) is 5.73 Å². The normalized spacial score (nSPS) is 15.7. The van der Waals surface area contributed by atoms with Gasteiger partial charge in [0.05, 0.1) is 24.3 Å². The van der Waals surface area contributed by atoms with Crippen molar-refractivity contribution in [1.29, 1.82) is 5.26 Å². The van der Waals surface area contributed by atoms with Crippen molar-refractivity contribution in [2.75, 3.05) is 7.11 Å². The number of nitrogens with two attached hydrogens (primary N) is 1. The smallest absolute Gasteiger partial charge is 0.244 e. The fourth-order valence-electron chi connectivity index (χ4n) is 3.32. The van der Waals surface area contributed by atoms with Gasteiger partial charge in [-0.1, -0.05) is 42.0 Å². The van der Waals surface area contributed by atoms with Crippen molar-refractivity contribution in [3.63, 3.8) is 0 Å². The lowest BCUT2D eigenvalue weighted by atomic mass is 9.83. The van der Waals surface area contributed by atoms with Gasteiger partial charge in [0.25, 0.3) is 0 Å². The molecule has 3 aromatic rings. The Morgan fingerprint density at radius 1 is 1.15 bits per heavy atom. The van der Waals surface area contributed by atoms with Crippen LogP contribution in [0.5, 0.6) is 11.6 Å². The summed E-state index contributed by atoms with van der Waals surface area (Å²) in [6, 6.07) is 17.9. The fourth-order valence-corrected chi connectivity index (χ4v) is 3.32. The van der Waals surface area contributed by atoms with Crippen LogP contribution >= 0.6 is 0 Å². The molecule has 0 saturated carbocycles. The Morgan fingerprint density at radius 3 is 2.48 bits per heavy atom. The first-order valence-electron chi connectivity index (χ1n) is 8.49. The highest BCUT2D eigenvalue weighted by atomic mass is 16.5. The summed E-state index contributed by atoms with van der Waals surface area (Å²) in [6.45, 7) is 2.03. The van der Waals surface area contributed by atoms with E-state index in [1.54, 1.807) is 7.11 Å². The van der Waals surface area contributed by atoms with Crippen LogP contribution in [0.2, 0.25) is 0 Å². The molecule has 0 saturated heterocycles. The van der Waals surface area contributed by atoms with Gasteiger partial charge in [-0.2, -0.15) is 5.26 Å². The van der Waals surface area contributed by atoms with E-state index in [9.17, 15) is 5.26 Å². The number of allylic oxidation sites excluding steroid dienone is 1. The Balaban J connectivity index is 1.90. The maximum Gasteiger partial charge on any atom is 0.244 e. The first-order valence-corrected chi connectivity index (χ1v) is 8.49. The Bertz CT molecular complexity index is 1060. The molecule has 1 atom stereocenters. The van der Waals surface area contributed by atoms with Gasteiger partial charge < -0.3 is 15.2 Å². The molecule has 1 unspecified atom stereocenters. The second-order valence-corrected chi connectivity index (χ2v) is 6.38. The Labute approximate surface area is 156 Å². The number of nitrogens with zero attached hydrogens (tertiary/aromatic N) is 2. The number of nitrogens with one attached hydrogen (secondary N) is 1. The zero-order valence-electron chi connectivity index (χ0n) is 15.0. The molecule has 4 rings (SSSR count). The number of hydrogen-bond acceptors (Lipinski definition) is 5. The number of aromatic amines is 1. The molecule has 1 aliphatic rings. The van der Waals surface area contributed by atoms with E-state index < -0.39 is 0 Å². The van der Waals surface area contributed by atoms with Gasteiger partial charge in [-0.05, 0) is 24.6 Å². The van der Waals surface area contributed by atoms with Crippen LogP contribution < -0.4 is 15.2 Å². The monoisotopic (exact) mass is 358 g/mol. The van der Waals surface area contributed by atoms with Crippen LogP contribution in [0.3, 0.4) is 0 Å². The van der Waals surface area contributed by atoms with Gasteiger partial charge in [0.2, 0.25) is 11.8 Å². The Hall–Kier alpha value is -3.72. The van der Waals surface area contributed by atoms with Gasteiger partial charge in [0, 0.05) is 5.56 Å². The minimum absolute atomic E-state index is 0.0766. The van der Waals surface area contributed by atoms with Gasteiger partial charge in [-0.25, -0.2) is 0 Å². The van der Waals surface area contributed by atoms with Crippen LogP contribution in [0.1, 0.15) is 22.6 Å². The molecule has 134 valence electrons. The lowest BCUT2D eigenvalue weighted by Gasteiger charge is -2.24. The number of H-pyrrole nitrogens is 1. The van der Waals surface area contributed by atoms with Gasteiger partial charge in [0.15, 0.2) is 0 Å². The van der Waals surface area contributed by atoms with Crippen LogP contribution in [0, 0.1) is 18.3 Å². The molecule has 6 nitrogen and oxygen atoms in total. The molecule has 6 heteroatoms. The number of rotatable bonds is 3. The summed E-state index contributed by atoms with van der Waals surface area (Å²) >= 11 is 0. The van der Waals surface area contributed by atoms with Gasteiger partial charge in [-0.15, -0.1) is 5.10 Å². The zero-order valence-corrected chi connectivity index (χ0v) is 15.0. The number of ether oxygens (including phenoxy) is 2. The molecule has 0 fully saturated rings. The summed E-state index contributed by atoms with van der Waals surface area (Å²) in [6.07, 6.45) is 0. The Morgan fingerprint density at radius 2 is 1.85 bits per heavy atom. The number of nitriles is 1. The minimum Gasteiger partial charge on any atom is -0.497 e. The number of benzene rings is 2. The van der Waals surface area contributed by atoms with Crippen LogP contribution in [-0.4, -0.2) is 17.3 Å². The van der Waals surface area contributed by atoms with E-state index in [0.717, 1.165) is 33.7 Å². The zero-order chi connectivity index (χ0) is 19.0. The van der Waals surface area contributed by atoms with E-state index in [1.807, 2.05) is 55.5 Å². The predicted octanol–water partition coefficient (Wildman–Crippen LogP) is 3.61. The van der Waals surface area contributed by atoms with Crippen molar-refractivity contribution >= 4 is 0 Å². The summed E-state index contributed by atoms with van der Waals surface area (Å²) in [5.41, 5.74) is 11.0. The third-order valence-corrected chi connectivity index (χ3v) is 4.73. The van der Waals surface area contributed by atoms with Crippen molar-refractivity contribution in [3.8, 4) is 29.0 Å². The molecule has 0 aliphatic carbocycles. The second-order valence-electron chi connectivity index (χ2n) is 6.38. The first kappa shape index (κ1) is 16.7. The molecule has 0 bridgehead atoms. The lowest BCUT2D eigenvalue weighted by Crippen LogP contribution is -2.20. The van der Waals surface area contributed by atoms with Crippen LogP contribution in [-0.2, 0) is 0 Å². The summed E-state index contributed by atoms with van der Waals surface area (Å²) in [5.74, 6) is 0.836. The molecule has 0 amide bonds. The quantitative estimate of drug-likeness (QED) is 0.745. The lowest BCUT2D eigenvalue weighted by molar-refractivity contribution is 0.379. The Kier molecular flexibility index (Phi) is 4.05. The summed E-state index contributed by atoms with van der Waals surface area (Å²) < 4.78 is 10.9. The topological polar surface area (TPSA) is 96.9 Å². The minimum atomic E-state index is -0.375. The van der Waals surface area contributed by atoms with Gasteiger partial charge in [-0.3, -0.25) is 5.10 Å². The molecule has 0 radical (unpaired) electrons. The summed E-state index contributed by atoms with van der Waals surface area (Å²) in [4.78, 5) is 0. The van der Waals surface area contributed by atoms with Crippen LogP contribution in [0.15, 0.2) is 60.0 Å². The van der Waals surface area contributed by atoms with Crippen LogP contribution in [0.25, 0.3) is 11.3 Å². The molecular weight excluding hydrogens is 340 g/mol. The fraction of sp³-hybridized carbons (Fsp3) is 0.143. The van der Waals surface area contributed by atoms with E-state index in [-0.39, 0.29) is 11.8 Å². The number of aryl methyl sites for hydroxylation is 1. The molecule has 1 aromatic heterocycles. The van der Waals surface area contributed by atoms with E-state index in [4.69, 9.17) is 15.2 Å². The summed E-state index contributed by atoms with van der Waals surface area (Å²) in [7, 11) is 1.62. The molecule has 27 heavy (non-hydrogen) atoms. The van der Waals surface area contributed by atoms with Crippen molar-refractivity contribution in [2.45, 2.75) is 12.8 Å². The van der Waals surface area contributed by atoms with Gasteiger partial charge in [0.1, 0.15) is 17.4 Å². The molecule has 1 aliphatic heterocycles. The first-order chi connectivity index (χ1) is 13.1. The average Bonchev–Trinajstić information content (AvgIpc) is 3.11. The average molecular weight is 358 g/mol. The number of hydrogen-bond donors (Lipinski definition) is 2. The van der Waals surface area contributed by atoms with Gasteiger partial charge >= 0.3 is 0 Å². The van der Waals surface area contributed by atoms with E-state index >= 15 is 0 Å². The predicted molar refractivity (Wildman–Crippen MR) is 101 cm³/mol. The number of fused-ring (bicyclic) bond motifs is 1. The molecular formula is C21H18N4O2. The highest BCUT2D eigenvalue weighted by molar-refractivity contribution is 5.71. The van der Waals surface area contributed by atoms with Crippen molar-refractivity contribution < 1.29 is 9.47 Å². The summed E-state index contributed by atoms with van der Waals surface area (Å²) in [5, 5.41) is 17.1. The van der Waals surface area contributed by atoms with Crippen molar-refractivity contribution in [3.05, 3.63) is 76.7 Å². The molecule has 2 heterocycles. The van der Waals surface area contributed by atoms with E-state index in [1.165, 1.54) is 0 Å². The SMILES string of the molecule is COc1ccc(C2C(C#N)=C(N)Oc3n[nH]c(-c4ccc(C)cc4)c32)cc1. The number of methoxy groups -OCH3 is 1. The second kappa shape index (κ2) is 6.54.